The van der Waals surface area contributed by atoms with Crippen molar-refractivity contribution in [2.45, 2.75) is 26.7 Å². The Labute approximate surface area is 142 Å². The summed E-state index contributed by atoms with van der Waals surface area (Å²) in [6.07, 6.45) is 6.75. The zero-order valence-corrected chi connectivity index (χ0v) is 14.3. The van der Waals surface area contributed by atoms with Crippen LogP contribution in [0.1, 0.15) is 23.4 Å². The number of aryl methyl sites for hydroxylation is 3. The first-order chi connectivity index (χ1) is 11.6. The van der Waals surface area contributed by atoms with Gasteiger partial charge in [-0.05, 0) is 37.5 Å². The minimum Gasteiger partial charge on any atom is -0.353 e. The summed E-state index contributed by atoms with van der Waals surface area (Å²) in [5.74, 6) is 1.94. The predicted octanol–water partition coefficient (Wildman–Crippen LogP) is 1.77. The van der Waals surface area contributed by atoms with E-state index in [1.165, 1.54) is 0 Å². The molecule has 1 amide bonds. The molecule has 6 nitrogen and oxygen atoms in total. The van der Waals surface area contributed by atoms with Gasteiger partial charge in [0, 0.05) is 51.2 Å². The van der Waals surface area contributed by atoms with Crippen LogP contribution >= 0.6 is 0 Å². The van der Waals surface area contributed by atoms with Gasteiger partial charge in [-0.15, -0.1) is 0 Å². The van der Waals surface area contributed by atoms with E-state index in [9.17, 15) is 4.79 Å². The third-order valence-electron chi connectivity index (χ3n) is 4.28. The number of aromatic nitrogens is 3. The fraction of sp³-hybridized carbons (Fsp3) is 0.444. The van der Waals surface area contributed by atoms with Crippen molar-refractivity contribution in [1.82, 2.24) is 19.9 Å². The highest BCUT2D eigenvalue weighted by molar-refractivity contribution is 5.76. The molecule has 0 unspecified atom stereocenters. The van der Waals surface area contributed by atoms with Crippen molar-refractivity contribution in [3.63, 3.8) is 0 Å². The van der Waals surface area contributed by atoms with Crippen LogP contribution in [0, 0.1) is 13.8 Å². The quantitative estimate of drug-likeness (QED) is 0.857. The van der Waals surface area contributed by atoms with Gasteiger partial charge in [-0.25, -0.2) is 9.97 Å². The molecule has 1 saturated heterocycles. The number of carbonyl (C=O) groups excluding carboxylic acids is 1. The van der Waals surface area contributed by atoms with Crippen LogP contribution in [0.4, 0.5) is 5.82 Å². The lowest BCUT2D eigenvalue weighted by Crippen LogP contribution is -2.49. The van der Waals surface area contributed by atoms with E-state index < -0.39 is 0 Å². The highest BCUT2D eigenvalue weighted by Gasteiger charge is 2.21. The summed E-state index contributed by atoms with van der Waals surface area (Å²) in [6.45, 7) is 7.03. The molecular weight excluding hydrogens is 302 g/mol. The van der Waals surface area contributed by atoms with E-state index >= 15 is 0 Å². The number of anilines is 1. The van der Waals surface area contributed by atoms with Crippen LogP contribution < -0.4 is 4.90 Å². The Morgan fingerprint density at radius 3 is 2.67 bits per heavy atom. The second kappa shape index (κ2) is 7.38. The van der Waals surface area contributed by atoms with Crippen molar-refractivity contribution in [2.24, 2.45) is 0 Å². The SMILES string of the molecule is Cc1cncc(CCC(=O)N2CCN(c3ccnc(C)n3)CC2)c1. The number of carbonyl (C=O) groups is 1. The minimum atomic E-state index is 0.218. The second-order valence-corrected chi connectivity index (χ2v) is 6.20. The molecule has 0 radical (unpaired) electrons. The van der Waals surface area contributed by atoms with Crippen LogP contribution in [0.3, 0.4) is 0 Å². The Kier molecular flexibility index (Phi) is 5.03. The van der Waals surface area contributed by atoms with Gasteiger partial charge in [0.2, 0.25) is 5.91 Å². The number of pyridine rings is 1. The maximum atomic E-state index is 12.4. The number of hydrogen-bond acceptors (Lipinski definition) is 5. The van der Waals surface area contributed by atoms with Gasteiger partial charge in [0.25, 0.3) is 0 Å². The van der Waals surface area contributed by atoms with Crippen molar-refractivity contribution in [1.29, 1.82) is 0 Å². The number of piperazine rings is 1. The molecule has 1 aliphatic rings. The standard InChI is InChI=1S/C18H23N5O/c1-14-11-16(13-19-12-14)3-4-18(24)23-9-7-22(8-10-23)17-5-6-20-15(2)21-17/h5-6,11-13H,3-4,7-10H2,1-2H3. The fourth-order valence-corrected chi connectivity index (χ4v) is 2.97. The average Bonchev–Trinajstić information content (AvgIpc) is 2.60. The van der Waals surface area contributed by atoms with E-state index in [1.807, 2.05) is 37.2 Å². The Hall–Kier alpha value is -2.50. The summed E-state index contributed by atoms with van der Waals surface area (Å²) in [6, 6.07) is 4.02. The van der Waals surface area contributed by atoms with Gasteiger partial charge in [0.05, 0.1) is 0 Å². The number of hydrogen-bond donors (Lipinski definition) is 0. The van der Waals surface area contributed by atoms with E-state index in [4.69, 9.17) is 0 Å². The molecule has 2 aromatic rings. The molecule has 24 heavy (non-hydrogen) atoms. The van der Waals surface area contributed by atoms with Gasteiger partial charge in [-0.3, -0.25) is 9.78 Å². The third-order valence-corrected chi connectivity index (χ3v) is 4.28. The van der Waals surface area contributed by atoms with Crippen molar-refractivity contribution in [3.05, 3.63) is 47.7 Å². The van der Waals surface area contributed by atoms with E-state index in [2.05, 4.69) is 25.9 Å². The summed E-state index contributed by atoms with van der Waals surface area (Å²) in [5, 5.41) is 0. The van der Waals surface area contributed by atoms with Gasteiger partial charge in [0.1, 0.15) is 11.6 Å². The molecule has 3 rings (SSSR count). The zero-order chi connectivity index (χ0) is 16.9. The minimum absolute atomic E-state index is 0.218. The third kappa shape index (κ3) is 4.07. The lowest BCUT2D eigenvalue weighted by molar-refractivity contribution is -0.131. The maximum absolute atomic E-state index is 12.4. The lowest BCUT2D eigenvalue weighted by Gasteiger charge is -2.35. The van der Waals surface area contributed by atoms with Crippen molar-refractivity contribution >= 4 is 11.7 Å². The monoisotopic (exact) mass is 325 g/mol. The molecule has 1 aliphatic heterocycles. The van der Waals surface area contributed by atoms with Crippen LogP contribution in [-0.2, 0) is 11.2 Å². The molecule has 6 heteroatoms. The van der Waals surface area contributed by atoms with Gasteiger partial charge < -0.3 is 9.80 Å². The molecular formula is C18H23N5O. The van der Waals surface area contributed by atoms with Gasteiger partial charge in [-0.1, -0.05) is 6.07 Å². The van der Waals surface area contributed by atoms with Crippen molar-refractivity contribution < 1.29 is 4.79 Å². The summed E-state index contributed by atoms with van der Waals surface area (Å²) >= 11 is 0. The topological polar surface area (TPSA) is 62.2 Å². The first-order valence-electron chi connectivity index (χ1n) is 8.35. The van der Waals surface area contributed by atoms with E-state index in [1.54, 1.807) is 6.20 Å². The van der Waals surface area contributed by atoms with Crippen molar-refractivity contribution in [3.8, 4) is 0 Å². The number of nitrogens with zero attached hydrogens (tertiary/aromatic N) is 5. The smallest absolute Gasteiger partial charge is 0.223 e. The molecule has 0 N–H and O–H groups in total. The Balaban J connectivity index is 1.50. The van der Waals surface area contributed by atoms with Crippen LogP contribution in [0.2, 0.25) is 0 Å². The van der Waals surface area contributed by atoms with Crippen LogP contribution in [-0.4, -0.2) is 51.9 Å². The molecule has 2 aromatic heterocycles. The predicted molar refractivity (Wildman–Crippen MR) is 92.9 cm³/mol. The Morgan fingerprint density at radius 1 is 1.17 bits per heavy atom. The van der Waals surface area contributed by atoms with E-state index in [0.29, 0.717) is 6.42 Å². The molecule has 0 spiro atoms. The first-order valence-corrected chi connectivity index (χ1v) is 8.35. The summed E-state index contributed by atoms with van der Waals surface area (Å²) in [7, 11) is 0. The van der Waals surface area contributed by atoms with E-state index in [-0.39, 0.29) is 5.91 Å². The highest BCUT2D eigenvalue weighted by atomic mass is 16.2. The molecule has 0 atom stereocenters. The maximum Gasteiger partial charge on any atom is 0.223 e. The molecule has 0 bridgehead atoms. The van der Waals surface area contributed by atoms with Crippen LogP contribution in [0.5, 0.6) is 0 Å². The normalized spacial score (nSPS) is 14.8. The zero-order valence-electron chi connectivity index (χ0n) is 14.3. The highest BCUT2D eigenvalue weighted by Crippen LogP contribution is 2.14. The average molecular weight is 325 g/mol. The molecule has 0 aromatic carbocycles. The number of amides is 1. The second-order valence-electron chi connectivity index (χ2n) is 6.20. The number of rotatable bonds is 4. The molecule has 0 aliphatic carbocycles. The van der Waals surface area contributed by atoms with Gasteiger partial charge in [0.15, 0.2) is 0 Å². The molecule has 3 heterocycles. The Morgan fingerprint density at radius 2 is 1.96 bits per heavy atom. The van der Waals surface area contributed by atoms with E-state index in [0.717, 1.165) is 55.4 Å². The largest absolute Gasteiger partial charge is 0.353 e. The summed E-state index contributed by atoms with van der Waals surface area (Å²) in [5.41, 5.74) is 2.26. The first kappa shape index (κ1) is 16.4. The molecule has 126 valence electrons. The van der Waals surface area contributed by atoms with Crippen LogP contribution in [0.25, 0.3) is 0 Å². The van der Waals surface area contributed by atoms with Crippen molar-refractivity contribution in [2.75, 3.05) is 31.1 Å². The molecule has 0 saturated carbocycles. The van der Waals surface area contributed by atoms with Gasteiger partial charge >= 0.3 is 0 Å². The summed E-state index contributed by atoms with van der Waals surface area (Å²) < 4.78 is 0. The lowest BCUT2D eigenvalue weighted by atomic mass is 10.1. The molecule has 1 fully saturated rings. The van der Waals surface area contributed by atoms with Crippen LogP contribution in [0.15, 0.2) is 30.7 Å². The Bertz CT molecular complexity index is 710. The fourth-order valence-electron chi connectivity index (χ4n) is 2.97. The van der Waals surface area contributed by atoms with Gasteiger partial charge in [-0.2, -0.15) is 0 Å². The summed E-state index contributed by atoms with van der Waals surface area (Å²) in [4.78, 5) is 29.3.